The molecule has 0 fully saturated rings. The molecular formula is C22H24N2O3. The van der Waals surface area contributed by atoms with Gasteiger partial charge in [-0.15, -0.1) is 0 Å². The van der Waals surface area contributed by atoms with Crippen molar-refractivity contribution in [2.45, 2.75) is 33.1 Å². The number of hydrogen-bond acceptors (Lipinski definition) is 4. The molecule has 0 saturated carbocycles. The minimum absolute atomic E-state index is 0.238. The summed E-state index contributed by atoms with van der Waals surface area (Å²) in [7, 11) is 0. The van der Waals surface area contributed by atoms with Crippen molar-refractivity contribution in [2.24, 2.45) is 5.92 Å². The van der Waals surface area contributed by atoms with E-state index >= 15 is 0 Å². The van der Waals surface area contributed by atoms with Gasteiger partial charge in [0.15, 0.2) is 0 Å². The number of carbonyl (C=O) groups is 1. The fraction of sp³-hybridized carbons (Fsp3) is 0.364. The van der Waals surface area contributed by atoms with Crippen molar-refractivity contribution in [3.8, 4) is 17.6 Å². The van der Waals surface area contributed by atoms with Gasteiger partial charge in [0.1, 0.15) is 5.75 Å². The SMILES string of the molecule is Cc1nccc(C(=O)O)c1NCC1CCOc2cc(C#CC(C)C)ccc21. The monoisotopic (exact) mass is 364 g/mol. The second-order valence-corrected chi connectivity index (χ2v) is 7.02. The molecule has 0 aliphatic carbocycles. The third-order valence-electron chi connectivity index (χ3n) is 4.58. The summed E-state index contributed by atoms with van der Waals surface area (Å²) in [5.41, 5.74) is 3.59. The van der Waals surface area contributed by atoms with E-state index in [4.69, 9.17) is 4.74 Å². The maximum atomic E-state index is 11.5. The summed E-state index contributed by atoms with van der Waals surface area (Å²) in [6.07, 6.45) is 2.40. The Kier molecular flexibility index (Phi) is 5.66. The first kappa shape index (κ1) is 18.8. The van der Waals surface area contributed by atoms with E-state index in [9.17, 15) is 9.90 Å². The Morgan fingerprint density at radius 2 is 2.22 bits per heavy atom. The highest BCUT2D eigenvalue weighted by Gasteiger charge is 2.23. The van der Waals surface area contributed by atoms with E-state index < -0.39 is 5.97 Å². The third kappa shape index (κ3) is 4.40. The molecule has 5 nitrogen and oxygen atoms in total. The molecule has 1 aliphatic heterocycles. The molecule has 1 atom stereocenters. The van der Waals surface area contributed by atoms with Crippen LogP contribution in [0.1, 0.15) is 53.4 Å². The molecule has 5 heteroatoms. The second-order valence-electron chi connectivity index (χ2n) is 7.02. The summed E-state index contributed by atoms with van der Waals surface area (Å²) in [5.74, 6) is 6.82. The maximum absolute atomic E-state index is 11.5. The van der Waals surface area contributed by atoms with Gasteiger partial charge in [-0.25, -0.2) is 4.79 Å². The quantitative estimate of drug-likeness (QED) is 0.800. The Morgan fingerprint density at radius 1 is 1.41 bits per heavy atom. The average Bonchev–Trinajstić information content (AvgIpc) is 2.64. The fourth-order valence-electron chi connectivity index (χ4n) is 3.17. The van der Waals surface area contributed by atoms with E-state index in [2.05, 4.69) is 42.1 Å². The molecule has 0 bridgehead atoms. The van der Waals surface area contributed by atoms with Gasteiger partial charge < -0.3 is 15.2 Å². The summed E-state index contributed by atoms with van der Waals surface area (Å²) < 4.78 is 5.84. The van der Waals surface area contributed by atoms with Crippen LogP contribution in [0.3, 0.4) is 0 Å². The summed E-state index contributed by atoms with van der Waals surface area (Å²) >= 11 is 0. The number of aryl methyl sites for hydroxylation is 1. The highest BCUT2D eigenvalue weighted by molar-refractivity contribution is 5.94. The molecule has 2 aromatic rings. The summed E-state index contributed by atoms with van der Waals surface area (Å²) in [6, 6.07) is 7.61. The van der Waals surface area contributed by atoms with Crippen LogP contribution in [0.4, 0.5) is 5.69 Å². The Morgan fingerprint density at radius 3 is 2.96 bits per heavy atom. The van der Waals surface area contributed by atoms with Crippen LogP contribution in [0.25, 0.3) is 0 Å². The van der Waals surface area contributed by atoms with Gasteiger partial charge in [0.2, 0.25) is 0 Å². The van der Waals surface area contributed by atoms with Crippen molar-refractivity contribution in [3.63, 3.8) is 0 Å². The summed E-state index contributed by atoms with van der Waals surface area (Å²) in [6.45, 7) is 7.20. The lowest BCUT2D eigenvalue weighted by Crippen LogP contribution is -2.22. The molecule has 140 valence electrons. The van der Waals surface area contributed by atoms with Gasteiger partial charge in [0, 0.05) is 30.1 Å². The molecule has 1 unspecified atom stereocenters. The van der Waals surface area contributed by atoms with Crippen molar-refractivity contribution < 1.29 is 14.6 Å². The van der Waals surface area contributed by atoms with Gasteiger partial charge >= 0.3 is 5.97 Å². The summed E-state index contributed by atoms with van der Waals surface area (Å²) in [4.78, 5) is 15.7. The van der Waals surface area contributed by atoms with E-state index in [0.717, 1.165) is 23.3 Å². The zero-order valence-electron chi connectivity index (χ0n) is 15.9. The smallest absolute Gasteiger partial charge is 0.337 e. The number of nitrogens with zero attached hydrogens (tertiary/aromatic N) is 1. The predicted octanol–water partition coefficient (Wildman–Crippen LogP) is 4.07. The fourth-order valence-corrected chi connectivity index (χ4v) is 3.17. The van der Waals surface area contributed by atoms with E-state index in [0.29, 0.717) is 30.5 Å². The van der Waals surface area contributed by atoms with E-state index in [1.54, 1.807) is 0 Å². The molecule has 2 heterocycles. The predicted molar refractivity (Wildman–Crippen MR) is 105 cm³/mol. The number of ether oxygens (including phenoxy) is 1. The number of rotatable bonds is 4. The van der Waals surface area contributed by atoms with Gasteiger partial charge in [-0.3, -0.25) is 4.98 Å². The second kappa shape index (κ2) is 8.13. The first-order valence-electron chi connectivity index (χ1n) is 9.16. The van der Waals surface area contributed by atoms with Crippen molar-refractivity contribution in [1.29, 1.82) is 0 Å². The van der Waals surface area contributed by atoms with Crippen LogP contribution in [-0.4, -0.2) is 29.2 Å². The molecule has 3 rings (SSSR count). The first-order valence-corrected chi connectivity index (χ1v) is 9.16. The number of aromatic carboxylic acids is 1. The zero-order valence-corrected chi connectivity index (χ0v) is 15.9. The zero-order chi connectivity index (χ0) is 19.4. The minimum atomic E-state index is -0.955. The Labute approximate surface area is 159 Å². The normalized spacial score (nSPS) is 15.3. The minimum Gasteiger partial charge on any atom is -0.493 e. The Balaban J connectivity index is 1.80. The van der Waals surface area contributed by atoms with Gasteiger partial charge in [-0.1, -0.05) is 31.8 Å². The lowest BCUT2D eigenvalue weighted by Gasteiger charge is -2.27. The van der Waals surface area contributed by atoms with Crippen molar-refractivity contribution in [3.05, 3.63) is 52.8 Å². The van der Waals surface area contributed by atoms with E-state index in [1.165, 1.54) is 12.3 Å². The van der Waals surface area contributed by atoms with Crippen LogP contribution >= 0.6 is 0 Å². The molecule has 0 radical (unpaired) electrons. The van der Waals surface area contributed by atoms with Crippen molar-refractivity contribution in [2.75, 3.05) is 18.5 Å². The van der Waals surface area contributed by atoms with E-state index in [-0.39, 0.29) is 11.5 Å². The molecular weight excluding hydrogens is 340 g/mol. The Bertz CT molecular complexity index is 910. The van der Waals surface area contributed by atoms with Crippen LogP contribution in [0.15, 0.2) is 30.5 Å². The average molecular weight is 364 g/mol. The standard InChI is InChI=1S/C22H24N2O3/c1-14(2)4-5-16-6-7-18-17(9-11-27-20(18)12-16)13-24-21-15(3)23-10-8-19(21)22(25)26/h6-8,10,12,14,17,24H,9,11,13H2,1-3H3,(H,25,26). The number of aromatic nitrogens is 1. The lowest BCUT2D eigenvalue weighted by molar-refractivity contribution is 0.0697. The number of hydrogen-bond donors (Lipinski definition) is 2. The summed E-state index contributed by atoms with van der Waals surface area (Å²) in [5, 5.41) is 12.7. The van der Waals surface area contributed by atoms with Gasteiger partial charge in [-0.2, -0.15) is 0 Å². The van der Waals surface area contributed by atoms with Crippen LogP contribution in [0.2, 0.25) is 0 Å². The first-order chi connectivity index (χ1) is 13.0. The number of anilines is 1. The molecule has 0 amide bonds. The maximum Gasteiger partial charge on any atom is 0.337 e. The topological polar surface area (TPSA) is 71.5 Å². The number of carboxylic acid groups (broad SMARTS) is 1. The molecule has 1 aliphatic rings. The highest BCUT2D eigenvalue weighted by Crippen LogP contribution is 2.35. The van der Waals surface area contributed by atoms with Crippen molar-refractivity contribution in [1.82, 2.24) is 4.98 Å². The van der Waals surface area contributed by atoms with Gasteiger partial charge in [0.25, 0.3) is 0 Å². The molecule has 2 N–H and O–H groups in total. The lowest BCUT2D eigenvalue weighted by atomic mass is 9.92. The van der Waals surface area contributed by atoms with Crippen LogP contribution in [-0.2, 0) is 0 Å². The number of fused-ring (bicyclic) bond motifs is 1. The number of nitrogens with one attached hydrogen (secondary N) is 1. The highest BCUT2D eigenvalue weighted by atomic mass is 16.5. The molecule has 27 heavy (non-hydrogen) atoms. The Hall–Kier alpha value is -3.00. The van der Waals surface area contributed by atoms with Gasteiger partial charge in [0.05, 0.1) is 23.6 Å². The third-order valence-corrected chi connectivity index (χ3v) is 4.58. The molecule has 0 spiro atoms. The number of carboxylic acids is 1. The largest absolute Gasteiger partial charge is 0.493 e. The number of pyridine rings is 1. The molecule has 1 aromatic heterocycles. The van der Waals surface area contributed by atoms with Crippen LogP contribution in [0.5, 0.6) is 5.75 Å². The number of benzene rings is 1. The molecule has 0 saturated heterocycles. The van der Waals surface area contributed by atoms with Crippen molar-refractivity contribution >= 4 is 11.7 Å². The van der Waals surface area contributed by atoms with Crippen LogP contribution < -0.4 is 10.1 Å². The molecule has 1 aromatic carbocycles. The van der Waals surface area contributed by atoms with Gasteiger partial charge in [-0.05, 0) is 37.1 Å². The van der Waals surface area contributed by atoms with E-state index in [1.807, 2.05) is 19.1 Å². The van der Waals surface area contributed by atoms with Crippen LogP contribution in [0, 0.1) is 24.7 Å².